The second kappa shape index (κ2) is 7.48. The molecule has 0 radical (unpaired) electrons. The Hall–Kier alpha value is -2.77. The zero-order chi connectivity index (χ0) is 17.6. The van der Waals surface area contributed by atoms with Crippen LogP contribution >= 0.6 is 0 Å². The van der Waals surface area contributed by atoms with Crippen molar-refractivity contribution in [2.75, 3.05) is 6.61 Å². The molecule has 1 atom stereocenters. The number of carboxylic acids is 1. The molecule has 0 heterocycles. The molecule has 1 N–H and O–H groups in total. The predicted molar refractivity (Wildman–Crippen MR) is 79.0 cm³/mol. The van der Waals surface area contributed by atoms with Crippen LogP contribution in [0.1, 0.15) is 37.0 Å². The van der Waals surface area contributed by atoms with E-state index in [0.717, 1.165) is 12.1 Å². The average molecular weight is 323 g/mol. The third-order valence-corrected chi connectivity index (χ3v) is 3.54. The van der Waals surface area contributed by atoms with Gasteiger partial charge < -0.3 is 9.84 Å². The molecule has 124 valence electrons. The van der Waals surface area contributed by atoms with Crippen LogP contribution < -0.4 is 0 Å². The summed E-state index contributed by atoms with van der Waals surface area (Å²) in [4.78, 5) is 45.8. The minimum absolute atomic E-state index is 0.000411. The third-order valence-electron chi connectivity index (χ3n) is 3.54. The van der Waals surface area contributed by atoms with Crippen molar-refractivity contribution >= 4 is 23.4 Å². The fourth-order valence-electron chi connectivity index (χ4n) is 2.07. The largest absolute Gasteiger partial charge is 0.480 e. The van der Waals surface area contributed by atoms with E-state index in [9.17, 15) is 29.6 Å². The molecule has 1 rings (SSSR count). The zero-order valence-electron chi connectivity index (χ0n) is 12.8. The minimum Gasteiger partial charge on any atom is -0.480 e. The van der Waals surface area contributed by atoms with E-state index in [1.165, 1.54) is 26.0 Å². The van der Waals surface area contributed by atoms with Crippen molar-refractivity contribution in [3.63, 3.8) is 0 Å². The first kappa shape index (κ1) is 18.3. The number of nitrogens with zero attached hydrogens (tertiary/aromatic N) is 1. The molecule has 0 bridgehead atoms. The molecule has 0 aliphatic rings. The number of aliphatic carboxylic acids is 1. The van der Waals surface area contributed by atoms with Crippen LogP contribution in [-0.2, 0) is 14.3 Å². The molecular weight excluding hydrogens is 306 g/mol. The van der Waals surface area contributed by atoms with Gasteiger partial charge in [0.15, 0.2) is 11.2 Å². The van der Waals surface area contributed by atoms with E-state index < -0.39 is 34.5 Å². The summed E-state index contributed by atoms with van der Waals surface area (Å²) in [6.45, 7) is 3.02. The van der Waals surface area contributed by atoms with Crippen LogP contribution in [-0.4, -0.2) is 34.4 Å². The monoisotopic (exact) mass is 323 g/mol. The lowest BCUT2D eigenvalue weighted by atomic mass is 9.79. The number of hydrogen-bond acceptors (Lipinski definition) is 6. The molecule has 1 unspecified atom stereocenters. The van der Waals surface area contributed by atoms with Gasteiger partial charge in [-0.05, 0) is 25.5 Å². The van der Waals surface area contributed by atoms with Crippen molar-refractivity contribution in [1.29, 1.82) is 0 Å². The van der Waals surface area contributed by atoms with E-state index in [-0.39, 0.29) is 24.3 Å². The number of hydrogen-bond donors (Lipinski definition) is 1. The number of carbonyl (C=O) groups is 3. The van der Waals surface area contributed by atoms with E-state index in [4.69, 9.17) is 4.74 Å². The second-order valence-corrected chi connectivity index (χ2v) is 4.87. The number of rotatable bonds is 8. The van der Waals surface area contributed by atoms with Gasteiger partial charge in [-0.1, -0.05) is 6.92 Å². The maximum Gasteiger partial charge on any atom is 0.323 e. The van der Waals surface area contributed by atoms with Crippen molar-refractivity contribution in [2.45, 2.75) is 26.7 Å². The summed E-state index contributed by atoms with van der Waals surface area (Å²) in [5, 5.41) is 20.0. The lowest BCUT2D eigenvalue weighted by molar-refractivity contribution is -0.384. The zero-order valence-corrected chi connectivity index (χ0v) is 12.8. The smallest absolute Gasteiger partial charge is 0.323 e. The Balaban J connectivity index is 3.08. The molecule has 1 aromatic carbocycles. The quantitative estimate of drug-likeness (QED) is 0.256. The number of esters is 1. The van der Waals surface area contributed by atoms with Gasteiger partial charge in [-0.2, -0.15) is 0 Å². The highest BCUT2D eigenvalue weighted by Gasteiger charge is 2.47. The van der Waals surface area contributed by atoms with E-state index in [1.54, 1.807) is 0 Å². The summed E-state index contributed by atoms with van der Waals surface area (Å²) in [7, 11) is 0. The predicted octanol–water partition coefficient (Wildman–Crippen LogP) is 2.21. The van der Waals surface area contributed by atoms with E-state index in [1.807, 2.05) is 0 Å². The van der Waals surface area contributed by atoms with E-state index in [0.29, 0.717) is 0 Å². The molecule has 0 aliphatic heterocycles. The number of carbonyl (C=O) groups excluding carboxylic acids is 2. The van der Waals surface area contributed by atoms with Gasteiger partial charge in [-0.3, -0.25) is 24.5 Å². The highest BCUT2D eigenvalue weighted by atomic mass is 16.6. The van der Waals surface area contributed by atoms with Gasteiger partial charge in [0.25, 0.3) is 5.69 Å². The van der Waals surface area contributed by atoms with Crippen LogP contribution in [0, 0.1) is 15.5 Å². The molecule has 0 fully saturated rings. The third kappa shape index (κ3) is 3.91. The summed E-state index contributed by atoms with van der Waals surface area (Å²) in [5.41, 5.74) is -2.06. The van der Waals surface area contributed by atoms with E-state index >= 15 is 0 Å². The van der Waals surface area contributed by atoms with Gasteiger partial charge in [-0.25, -0.2) is 0 Å². The summed E-state index contributed by atoms with van der Waals surface area (Å²) in [5.74, 6) is -3.00. The number of ketones is 1. The Morgan fingerprint density at radius 2 is 1.78 bits per heavy atom. The number of benzene rings is 1. The first-order chi connectivity index (χ1) is 10.8. The number of carboxylic acid groups (broad SMARTS) is 1. The van der Waals surface area contributed by atoms with Gasteiger partial charge in [0.2, 0.25) is 0 Å². The molecule has 8 nitrogen and oxygen atoms in total. The number of ether oxygens (including phenoxy) is 1. The Kier molecular flexibility index (Phi) is 5.94. The number of nitro benzene ring substituents is 1. The highest BCUT2D eigenvalue weighted by Crippen LogP contribution is 2.31. The molecule has 0 spiro atoms. The highest BCUT2D eigenvalue weighted by molar-refractivity contribution is 6.07. The molecule has 0 aromatic heterocycles. The van der Waals surface area contributed by atoms with Crippen LogP contribution in [0.15, 0.2) is 24.3 Å². The van der Waals surface area contributed by atoms with E-state index in [2.05, 4.69) is 0 Å². The van der Waals surface area contributed by atoms with Crippen LogP contribution in [0.4, 0.5) is 5.69 Å². The topological polar surface area (TPSA) is 124 Å². The van der Waals surface area contributed by atoms with Crippen LogP contribution in [0.5, 0.6) is 0 Å². The lowest BCUT2D eigenvalue weighted by Gasteiger charge is -2.24. The summed E-state index contributed by atoms with van der Waals surface area (Å²) < 4.78 is 4.79. The van der Waals surface area contributed by atoms with Crippen LogP contribution in [0.3, 0.4) is 0 Å². The van der Waals surface area contributed by atoms with Crippen LogP contribution in [0.2, 0.25) is 0 Å². The molecule has 0 amide bonds. The number of non-ortho nitro benzene ring substituents is 1. The second-order valence-electron chi connectivity index (χ2n) is 4.87. The molecular formula is C15H17NO7. The maximum absolute atomic E-state index is 12.3. The summed E-state index contributed by atoms with van der Waals surface area (Å²) in [6.07, 6.45) is -0.685. The fourth-order valence-corrected chi connectivity index (χ4v) is 2.07. The normalized spacial score (nSPS) is 13.0. The summed E-state index contributed by atoms with van der Waals surface area (Å²) >= 11 is 0. The first-order valence-corrected chi connectivity index (χ1v) is 6.96. The van der Waals surface area contributed by atoms with Crippen molar-refractivity contribution < 1.29 is 29.2 Å². The molecule has 8 heteroatoms. The van der Waals surface area contributed by atoms with Gasteiger partial charge in [0.1, 0.15) is 0 Å². The molecule has 0 aliphatic carbocycles. The van der Waals surface area contributed by atoms with Gasteiger partial charge in [-0.15, -0.1) is 0 Å². The molecule has 23 heavy (non-hydrogen) atoms. The Morgan fingerprint density at radius 1 is 1.22 bits per heavy atom. The van der Waals surface area contributed by atoms with Crippen molar-refractivity contribution in [3.8, 4) is 0 Å². The van der Waals surface area contributed by atoms with Crippen molar-refractivity contribution in [3.05, 3.63) is 39.9 Å². The fraction of sp³-hybridized carbons (Fsp3) is 0.400. The number of Topliss-reactive ketones (excluding diaryl/α,β-unsaturated/α-hetero) is 1. The van der Waals surface area contributed by atoms with Crippen LogP contribution in [0.25, 0.3) is 0 Å². The van der Waals surface area contributed by atoms with Gasteiger partial charge >= 0.3 is 11.9 Å². The van der Waals surface area contributed by atoms with Gasteiger partial charge in [0, 0.05) is 24.1 Å². The minimum atomic E-state index is -1.96. The molecule has 0 saturated carbocycles. The Morgan fingerprint density at radius 3 is 2.17 bits per heavy atom. The molecule has 0 saturated heterocycles. The van der Waals surface area contributed by atoms with Crippen molar-refractivity contribution in [2.24, 2.45) is 5.41 Å². The number of nitro groups is 1. The first-order valence-electron chi connectivity index (χ1n) is 6.96. The Bertz CT molecular complexity index is 623. The standard InChI is InChI=1S/C15H17NO7/c1-3-15(13(18)19,14(20)23-4-2)9-12(17)10-5-7-11(8-6-10)16(21)22/h5-8H,3-4,9H2,1-2H3,(H,18,19). The van der Waals surface area contributed by atoms with Crippen molar-refractivity contribution in [1.82, 2.24) is 0 Å². The molecule has 1 aromatic rings. The average Bonchev–Trinajstić information content (AvgIpc) is 2.52. The SMILES string of the molecule is CCOC(=O)C(CC)(CC(=O)c1ccc([N+](=O)[O-])cc1)C(=O)O. The van der Waals surface area contributed by atoms with Gasteiger partial charge in [0.05, 0.1) is 11.5 Å². The lowest BCUT2D eigenvalue weighted by Crippen LogP contribution is -2.42. The maximum atomic E-state index is 12.3. The Labute approximate surface area is 132 Å². The summed E-state index contributed by atoms with van der Waals surface area (Å²) in [6, 6.07) is 4.75.